The van der Waals surface area contributed by atoms with E-state index in [0.717, 1.165) is 53.6 Å². The van der Waals surface area contributed by atoms with Crippen LogP contribution in [0.2, 0.25) is 0 Å². The van der Waals surface area contributed by atoms with Crippen LogP contribution in [-0.4, -0.2) is 31.6 Å². The molecule has 0 spiro atoms. The van der Waals surface area contributed by atoms with Crippen molar-refractivity contribution in [3.63, 3.8) is 0 Å². The highest BCUT2D eigenvalue weighted by molar-refractivity contribution is 5.98. The van der Waals surface area contributed by atoms with E-state index in [1.807, 2.05) is 29.2 Å². The topological polar surface area (TPSA) is 51.0 Å². The fraction of sp³-hybridized carbons (Fsp3) is 0.269. The zero-order chi connectivity index (χ0) is 23.6. The Morgan fingerprint density at radius 3 is 2.65 bits per heavy atom. The molecular weight excluding hydrogens is 441 g/mol. The molecule has 2 aromatic heterocycles. The Morgan fingerprint density at radius 1 is 1.06 bits per heavy atom. The van der Waals surface area contributed by atoms with Crippen molar-refractivity contribution in [3.05, 3.63) is 82.9 Å². The van der Waals surface area contributed by atoms with Crippen LogP contribution < -0.4 is 0 Å². The number of carbonyl (C=O) groups excluding carboxylic acids is 1. The fourth-order valence-corrected chi connectivity index (χ4v) is 5.56. The van der Waals surface area contributed by atoms with Gasteiger partial charge in [-0.05, 0) is 62.1 Å². The Hall–Kier alpha value is -3.68. The maximum atomic E-state index is 14.0. The third kappa shape index (κ3) is 3.12. The molecule has 1 amide bonds. The van der Waals surface area contributed by atoms with Crippen molar-refractivity contribution < 1.29 is 18.0 Å². The van der Waals surface area contributed by atoms with Gasteiger partial charge in [-0.3, -0.25) is 14.5 Å². The van der Waals surface area contributed by atoms with Crippen molar-refractivity contribution in [2.45, 2.75) is 37.8 Å². The minimum absolute atomic E-state index is 0.0542. The summed E-state index contributed by atoms with van der Waals surface area (Å²) in [5, 5.41) is 5.58. The molecule has 2 aliphatic heterocycles. The van der Waals surface area contributed by atoms with Crippen LogP contribution in [0.1, 0.15) is 46.9 Å². The normalized spacial score (nSPS) is 19.4. The third-order valence-corrected chi connectivity index (χ3v) is 7.02. The lowest BCUT2D eigenvalue weighted by Gasteiger charge is -2.45. The molecule has 0 aliphatic carbocycles. The summed E-state index contributed by atoms with van der Waals surface area (Å²) in [4.78, 5) is 19.9. The lowest BCUT2D eigenvalue weighted by molar-refractivity contribution is 0.0392. The number of pyridine rings is 1. The summed E-state index contributed by atoms with van der Waals surface area (Å²) in [7, 11) is 1.71. The summed E-state index contributed by atoms with van der Waals surface area (Å²) in [6, 6.07) is 11.0. The van der Waals surface area contributed by atoms with Crippen LogP contribution >= 0.6 is 0 Å². The highest BCUT2D eigenvalue weighted by Crippen LogP contribution is 2.45. The molecule has 4 heterocycles. The van der Waals surface area contributed by atoms with Crippen LogP contribution in [0.25, 0.3) is 22.2 Å². The van der Waals surface area contributed by atoms with Gasteiger partial charge >= 0.3 is 0 Å². The Bertz CT molecular complexity index is 1440. The number of amides is 1. The monoisotopic (exact) mass is 462 g/mol. The number of piperidine rings is 1. The van der Waals surface area contributed by atoms with Crippen LogP contribution in [0, 0.1) is 17.5 Å². The molecule has 2 atom stereocenters. The third-order valence-electron chi connectivity index (χ3n) is 7.02. The van der Waals surface area contributed by atoms with Crippen LogP contribution in [0.3, 0.4) is 0 Å². The van der Waals surface area contributed by atoms with E-state index in [2.05, 4.69) is 10.1 Å². The average Bonchev–Trinajstić information content (AvgIpc) is 3.16. The maximum absolute atomic E-state index is 14.0. The van der Waals surface area contributed by atoms with Gasteiger partial charge in [-0.2, -0.15) is 5.10 Å². The second-order valence-electron chi connectivity index (χ2n) is 9.02. The zero-order valence-electron chi connectivity index (χ0n) is 18.4. The van der Waals surface area contributed by atoms with Crippen molar-refractivity contribution in [1.29, 1.82) is 0 Å². The first-order valence-corrected chi connectivity index (χ1v) is 11.3. The van der Waals surface area contributed by atoms with Gasteiger partial charge in [0.05, 0.1) is 22.9 Å². The van der Waals surface area contributed by atoms with Gasteiger partial charge in [0, 0.05) is 41.4 Å². The van der Waals surface area contributed by atoms with Crippen molar-refractivity contribution in [2.24, 2.45) is 7.05 Å². The smallest absolute Gasteiger partial charge is 0.254 e. The van der Waals surface area contributed by atoms with Crippen molar-refractivity contribution >= 4 is 16.8 Å². The molecular formula is C26H21F3N4O. The van der Waals surface area contributed by atoms with Gasteiger partial charge in [0.1, 0.15) is 0 Å². The lowest BCUT2D eigenvalue weighted by atomic mass is 9.81. The summed E-state index contributed by atoms with van der Waals surface area (Å²) in [5.74, 6) is -4.01. The summed E-state index contributed by atoms with van der Waals surface area (Å²) in [6.07, 6.45) is 4.80. The van der Waals surface area contributed by atoms with E-state index in [-0.39, 0.29) is 23.6 Å². The Labute approximate surface area is 193 Å². The van der Waals surface area contributed by atoms with E-state index in [4.69, 9.17) is 0 Å². The van der Waals surface area contributed by atoms with Gasteiger partial charge in [-0.1, -0.05) is 6.07 Å². The van der Waals surface area contributed by atoms with Crippen molar-refractivity contribution in [1.82, 2.24) is 19.7 Å². The number of carbonyl (C=O) groups is 1. The van der Waals surface area contributed by atoms with Gasteiger partial charge in [0.25, 0.3) is 5.91 Å². The first kappa shape index (κ1) is 20.9. The van der Waals surface area contributed by atoms with Gasteiger partial charge in [0.15, 0.2) is 17.5 Å². The first-order chi connectivity index (χ1) is 16.4. The minimum atomic E-state index is -1.49. The molecule has 0 N–H and O–H groups in total. The number of rotatable bonds is 2. The highest BCUT2D eigenvalue weighted by Gasteiger charge is 2.43. The number of nitrogens with zero attached hydrogens (tertiary/aromatic N) is 4. The lowest BCUT2D eigenvalue weighted by Crippen LogP contribution is -2.49. The Kier molecular flexibility index (Phi) is 4.72. The van der Waals surface area contributed by atoms with E-state index < -0.39 is 17.5 Å². The molecule has 0 saturated carbocycles. The van der Waals surface area contributed by atoms with Crippen LogP contribution in [-0.2, 0) is 13.5 Å². The summed E-state index contributed by atoms with van der Waals surface area (Å²) < 4.78 is 43.1. The van der Waals surface area contributed by atoms with Crippen LogP contribution in [0.15, 0.2) is 48.7 Å². The molecule has 2 bridgehead atoms. The van der Waals surface area contributed by atoms with Crippen LogP contribution in [0.5, 0.6) is 0 Å². The molecule has 6 rings (SSSR count). The maximum Gasteiger partial charge on any atom is 0.254 e. The largest absolute Gasteiger partial charge is 0.327 e. The van der Waals surface area contributed by atoms with Gasteiger partial charge < -0.3 is 4.90 Å². The van der Waals surface area contributed by atoms with E-state index in [1.54, 1.807) is 24.0 Å². The SMILES string of the molecule is Cn1nc2c(c1-c1cc(F)c(F)c(F)c1)C[C@H]1CCC[C@H]2N1C(=O)c1ccc2ncccc2c1. The minimum Gasteiger partial charge on any atom is -0.327 e. The molecule has 34 heavy (non-hydrogen) atoms. The summed E-state index contributed by atoms with van der Waals surface area (Å²) in [6.45, 7) is 0. The Balaban J connectivity index is 1.42. The molecule has 0 unspecified atom stereocenters. The number of benzene rings is 2. The number of fused-ring (bicyclic) bond motifs is 5. The molecule has 0 radical (unpaired) electrons. The first-order valence-electron chi connectivity index (χ1n) is 11.3. The number of halogens is 3. The quantitative estimate of drug-likeness (QED) is 0.378. The summed E-state index contributed by atoms with van der Waals surface area (Å²) in [5.41, 5.74) is 3.85. The van der Waals surface area contributed by atoms with Crippen molar-refractivity contribution in [3.8, 4) is 11.3 Å². The van der Waals surface area contributed by atoms with Crippen molar-refractivity contribution in [2.75, 3.05) is 0 Å². The van der Waals surface area contributed by atoms with E-state index >= 15 is 0 Å². The van der Waals surface area contributed by atoms with E-state index in [9.17, 15) is 18.0 Å². The highest BCUT2D eigenvalue weighted by atomic mass is 19.2. The molecule has 2 aliphatic rings. The number of aryl methyl sites for hydroxylation is 1. The van der Waals surface area contributed by atoms with Gasteiger partial charge in [0.2, 0.25) is 0 Å². The summed E-state index contributed by atoms with van der Waals surface area (Å²) >= 11 is 0. The molecule has 8 heteroatoms. The average molecular weight is 462 g/mol. The predicted octanol–water partition coefficient (Wildman–Crippen LogP) is 5.34. The zero-order valence-corrected chi connectivity index (χ0v) is 18.4. The molecule has 1 fully saturated rings. The van der Waals surface area contributed by atoms with Crippen LogP contribution in [0.4, 0.5) is 13.2 Å². The van der Waals surface area contributed by atoms with Gasteiger partial charge in [-0.15, -0.1) is 0 Å². The second kappa shape index (κ2) is 7.68. The number of hydrogen-bond acceptors (Lipinski definition) is 3. The molecule has 1 saturated heterocycles. The number of hydrogen-bond donors (Lipinski definition) is 0. The fourth-order valence-electron chi connectivity index (χ4n) is 5.56. The van der Waals surface area contributed by atoms with Gasteiger partial charge in [-0.25, -0.2) is 13.2 Å². The van der Waals surface area contributed by atoms with E-state index in [0.29, 0.717) is 17.7 Å². The molecule has 172 valence electrons. The Morgan fingerprint density at radius 2 is 1.85 bits per heavy atom. The molecule has 5 nitrogen and oxygen atoms in total. The predicted molar refractivity (Wildman–Crippen MR) is 121 cm³/mol. The second-order valence-corrected chi connectivity index (χ2v) is 9.02. The molecule has 4 aromatic rings. The molecule has 2 aromatic carbocycles. The number of aromatic nitrogens is 3. The van der Waals surface area contributed by atoms with E-state index in [1.165, 1.54) is 0 Å². The standard InChI is InChI=1S/C26H21F3N4O/c1-32-25(16-11-19(27)23(29)20(28)12-16)18-13-17-5-2-6-22(24(18)31-32)33(17)26(34)15-7-8-21-14(10-15)4-3-9-30-21/h3-4,7-12,17,22H,2,5-6,13H2,1H3/t17-,22-/m1/s1.